The van der Waals surface area contributed by atoms with Gasteiger partial charge in [0.2, 0.25) is 5.91 Å². The van der Waals surface area contributed by atoms with Crippen LogP contribution < -0.4 is 5.73 Å². The molecule has 0 radical (unpaired) electrons. The van der Waals surface area contributed by atoms with Crippen LogP contribution in [0.15, 0.2) is 54.6 Å². The number of aromatic hydroxyl groups is 1. The fourth-order valence-electron chi connectivity index (χ4n) is 1.91. The first-order chi connectivity index (χ1) is 10.0. The zero-order chi connectivity index (χ0) is 15.2. The third kappa shape index (κ3) is 4.38. The molecule has 0 fully saturated rings. The Morgan fingerprint density at radius 3 is 2.62 bits per heavy atom. The van der Waals surface area contributed by atoms with Gasteiger partial charge in [-0.3, -0.25) is 4.79 Å². The minimum Gasteiger partial charge on any atom is -0.508 e. The molecule has 0 bridgehead atoms. The summed E-state index contributed by atoms with van der Waals surface area (Å²) >= 11 is 0. The van der Waals surface area contributed by atoms with Crippen molar-refractivity contribution in [2.24, 2.45) is 0 Å². The highest BCUT2D eigenvalue weighted by atomic mass is 16.3. The maximum absolute atomic E-state index is 12.0. The Hall–Kier alpha value is -2.75. The number of hydrogen-bond donors (Lipinski definition) is 2. The van der Waals surface area contributed by atoms with Crippen molar-refractivity contribution in [1.82, 2.24) is 4.90 Å². The van der Waals surface area contributed by atoms with Crippen molar-refractivity contribution in [3.63, 3.8) is 0 Å². The van der Waals surface area contributed by atoms with E-state index >= 15 is 0 Å². The molecular weight excluding hydrogens is 264 g/mol. The number of phenols is 1. The SMILES string of the molecule is CN(Cc1cccc(O)c1)C(=O)/C=C/c1ccc(N)cc1. The van der Waals surface area contributed by atoms with Gasteiger partial charge in [0.1, 0.15) is 5.75 Å². The predicted octanol–water partition coefficient (Wildman–Crippen LogP) is 2.65. The normalized spacial score (nSPS) is 10.7. The number of nitrogens with zero attached hydrogens (tertiary/aromatic N) is 1. The number of nitrogen functional groups attached to an aromatic ring is 1. The first kappa shape index (κ1) is 14.7. The second-order valence-corrected chi connectivity index (χ2v) is 4.86. The summed E-state index contributed by atoms with van der Waals surface area (Å²) in [5.41, 5.74) is 8.10. The molecular formula is C17H18N2O2. The van der Waals surface area contributed by atoms with E-state index < -0.39 is 0 Å². The molecule has 2 aromatic rings. The first-order valence-corrected chi connectivity index (χ1v) is 6.61. The number of amides is 1. The van der Waals surface area contributed by atoms with E-state index in [1.54, 1.807) is 48.4 Å². The van der Waals surface area contributed by atoms with Crippen LogP contribution in [0.25, 0.3) is 6.08 Å². The molecule has 0 aliphatic heterocycles. The van der Waals surface area contributed by atoms with E-state index in [0.717, 1.165) is 11.1 Å². The molecule has 4 nitrogen and oxygen atoms in total. The molecule has 0 saturated carbocycles. The quantitative estimate of drug-likeness (QED) is 0.669. The van der Waals surface area contributed by atoms with E-state index in [-0.39, 0.29) is 11.7 Å². The minimum atomic E-state index is -0.102. The number of anilines is 1. The highest BCUT2D eigenvalue weighted by Crippen LogP contribution is 2.13. The lowest BCUT2D eigenvalue weighted by Gasteiger charge is -2.15. The first-order valence-electron chi connectivity index (χ1n) is 6.61. The Kier molecular flexibility index (Phi) is 4.61. The lowest BCUT2D eigenvalue weighted by molar-refractivity contribution is -0.125. The van der Waals surface area contributed by atoms with Crippen molar-refractivity contribution < 1.29 is 9.90 Å². The van der Waals surface area contributed by atoms with Gasteiger partial charge < -0.3 is 15.7 Å². The summed E-state index contributed by atoms with van der Waals surface area (Å²) in [6, 6.07) is 14.2. The number of rotatable bonds is 4. The molecule has 108 valence electrons. The standard InChI is InChI=1S/C17H18N2O2/c1-19(12-14-3-2-4-16(20)11-14)17(21)10-7-13-5-8-15(18)9-6-13/h2-11,20H,12,18H2,1H3/b10-7+. The molecule has 0 aliphatic rings. The van der Waals surface area contributed by atoms with Crippen molar-refractivity contribution in [2.75, 3.05) is 12.8 Å². The largest absolute Gasteiger partial charge is 0.508 e. The Balaban J connectivity index is 1.97. The molecule has 3 N–H and O–H groups in total. The summed E-state index contributed by atoms with van der Waals surface area (Å²) in [5, 5.41) is 9.41. The number of likely N-dealkylation sites (N-methyl/N-ethyl adjacent to an activating group) is 1. The zero-order valence-electron chi connectivity index (χ0n) is 11.9. The maximum atomic E-state index is 12.0. The molecule has 2 aromatic carbocycles. The zero-order valence-corrected chi connectivity index (χ0v) is 11.9. The number of carbonyl (C=O) groups excluding carboxylic acids is 1. The van der Waals surface area contributed by atoms with Crippen LogP contribution in [0.2, 0.25) is 0 Å². The molecule has 0 unspecified atom stereocenters. The van der Waals surface area contributed by atoms with Gasteiger partial charge in [-0.25, -0.2) is 0 Å². The van der Waals surface area contributed by atoms with Gasteiger partial charge in [-0.2, -0.15) is 0 Å². The Morgan fingerprint density at radius 2 is 1.95 bits per heavy atom. The van der Waals surface area contributed by atoms with E-state index in [1.807, 2.05) is 18.2 Å². The van der Waals surface area contributed by atoms with Crippen LogP contribution >= 0.6 is 0 Å². The highest BCUT2D eigenvalue weighted by Gasteiger charge is 2.06. The van der Waals surface area contributed by atoms with Crippen molar-refractivity contribution >= 4 is 17.7 Å². The Labute approximate surface area is 124 Å². The van der Waals surface area contributed by atoms with Gasteiger partial charge >= 0.3 is 0 Å². The maximum Gasteiger partial charge on any atom is 0.246 e. The van der Waals surface area contributed by atoms with Crippen molar-refractivity contribution in [2.45, 2.75) is 6.54 Å². The van der Waals surface area contributed by atoms with Gasteiger partial charge in [0.05, 0.1) is 0 Å². The van der Waals surface area contributed by atoms with Crippen LogP contribution in [0.3, 0.4) is 0 Å². The summed E-state index contributed by atoms with van der Waals surface area (Å²) in [7, 11) is 1.72. The monoisotopic (exact) mass is 282 g/mol. The fraction of sp³-hybridized carbons (Fsp3) is 0.118. The van der Waals surface area contributed by atoms with E-state index in [9.17, 15) is 9.90 Å². The van der Waals surface area contributed by atoms with Gasteiger partial charge in [0, 0.05) is 25.4 Å². The van der Waals surface area contributed by atoms with Crippen molar-refractivity contribution in [1.29, 1.82) is 0 Å². The van der Waals surface area contributed by atoms with Crippen LogP contribution in [0.5, 0.6) is 5.75 Å². The molecule has 1 amide bonds. The van der Waals surface area contributed by atoms with Crippen molar-refractivity contribution in [3.05, 3.63) is 65.7 Å². The Morgan fingerprint density at radius 1 is 1.24 bits per heavy atom. The second kappa shape index (κ2) is 6.61. The molecule has 2 rings (SSSR count). The van der Waals surface area contributed by atoms with Crippen LogP contribution in [0.4, 0.5) is 5.69 Å². The van der Waals surface area contributed by atoms with Gasteiger partial charge in [-0.15, -0.1) is 0 Å². The van der Waals surface area contributed by atoms with E-state index in [1.165, 1.54) is 6.08 Å². The number of benzene rings is 2. The topological polar surface area (TPSA) is 66.6 Å². The van der Waals surface area contributed by atoms with Gasteiger partial charge in [-0.05, 0) is 41.5 Å². The molecule has 0 aromatic heterocycles. The summed E-state index contributed by atoms with van der Waals surface area (Å²) < 4.78 is 0. The summed E-state index contributed by atoms with van der Waals surface area (Å²) in [5.74, 6) is 0.0981. The van der Waals surface area contributed by atoms with Crippen LogP contribution in [0.1, 0.15) is 11.1 Å². The molecule has 21 heavy (non-hydrogen) atoms. The number of hydrogen-bond acceptors (Lipinski definition) is 3. The minimum absolute atomic E-state index is 0.102. The van der Waals surface area contributed by atoms with E-state index in [2.05, 4.69) is 0 Å². The smallest absolute Gasteiger partial charge is 0.246 e. The summed E-state index contributed by atoms with van der Waals surface area (Å²) in [6.45, 7) is 0.444. The lowest BCUT2D eigenvalue weighted by atomic mass is 10.2. The van der Waals surface area contributed by atoms with Gasteiger partial charge in [-0.1, -0.05) is 24.3 Å². The van der Waals surface area contributed by atoms with Crippen LogP contribution in [-0.4, -0.2) is 23.0 Å². The predicted molar refractivity (Wildman–Crippen MR) is 84.5 cm³/mol. The number of phenolic OH excluding ortho intramolecular Hbond substituents is 1. The number of nitrogens with two attached hydrogens (primary N) is 1. The third-order valence-corrected chi connectivity index (χ3v) is 3.06. The van der Waals surface area contributed by atoms with Gasteiger partial charge in [0.25, 0.3) is 0 Å². The molecule has 0 saturated heterocycles. The molecule has 0 atom stereocenters. The highest BCUT2D eigenvalue weighted by molar-refractivity contribution is 5.91. The molecule has 0 spiro atoms. The molecule has 0 heterocycles. The molecule has 0 aliphatic carbocycles. The average molecular weight is 282 g/mol. The lowest BCUT2D eigenvalue weighted by Crippen LogP contribution is -2.24. The van der Waals surface area contributed by atoms with E-state index in [4.69, 9.17) is 5.73 Å². The summed E-state index contributed by atoms with van der Waals surface area (Å²) in [6.07, 6.45) is 3.27. The second-order valence-electron chi connectivity index (χ2n) is 4.86. The molecule has 4 heteroatoms. The Bertz CT molecular complexity index is 648. The van der Waals surface area contributed by atoms with E-state index in [0.29, 0.717) is 12.2 Å². The van der Waals surface area contributed by atoms with Crippen LogP contribution in [-0.2, 0) is 11.3 Å². The average Bonchev–Trinajstić information content (AvgIpc) is 2.46. The third-order valence-electron chi connectivity index (χ3n) is 3.06. The van der Waals surface area contributed by atoms with Gasteiger partial charge in [0.15, 0.2) is 0 Å². The van der Waals surface area contributed by atoms with Crippen molar-refractivity contribution in [3.8, 4) is 5.75 Å². The summed E-state index contributed by atoms with van der Waals surface area (Å²) in [4.78, 5) is 13.6. The van der Waals surface area contributed by atoms with Crippen LogP contribution in [0, 0.1) is 0 Å². The number of carbonyl (C=O) groups is 1. The fourth-order valence-corrected chi connectivity index (χ4v) is 1.91.